The van der Waals surface area contributed by atoms with Crippen molar-refractivity contribution in [3.8, 4) is 0 Å². The third kappa shape index (κ3) is 4.04. The summed E-state index contributed by atoms with van der Waals surface area (Å²) in [5, 5.41) is 0. The molecule has 4 rings (SSSR count). The number of amides is 1. The number of imidazole rings is 1. The zero-order valence-corrected chi connectivity index (χ0v) is 20.7. The van der Waals surface area contributed by atoms with Crippen LogP contribution in [0.25, 0.3) is 0 Å². The second kappa shape index (κ2) is 9.55. The molecular weight excluding hydrogens is 497 g/mol. The molecule has 0 aliphatic heterocycles. The van der Waals surface area contributed by atoms with Crippen molar-refractivity contribution < 1.29 is 33.3 Å². The van der Waals surface area contributed by atoms with Gasteiger partial charge in [0.25, 0.3) is 5.82 Å². The van der Waals surface area contributed by atoms with E-state index in [2.05, 4.69) is 66.7 Å². The van der Waals surface area contributed by atoms with E-state index in [1.54, 1.807) is 0 Å². The number of benzene rings is 2. The number of hydrogen-bond acceptors (Lipinski definition) is 1. The zero-order valence-electron chi connectivity index (χ0n) is 18.5. The fourth-order valence-corrected chi connectivity index (χ4v) is 5.65. The lowest BCUT2D eigenvalue weighted by atomic mass is 9.64. The maximum absolute atomic E-state index is 13.2. The van der Waals surface area contributed by atoms with Crippen LogP contribution in [0.1, 0.15) is 62.0 Å². The molecule has 1 saturated carbocycles. The number of halogens is 1. The minimum atomic E-state index is -0.815. The minimum Gasteiger partial charge on any atom is -1.00 e. The number of aryl methyl sites for hydroxylation is 1. The Balaban J connectivity index is 0.00000272. The summed E-state index contributed by atoms with van der Waals surface area (Å²) in [5.41, 5.74) is 7.41. The van der Waals surface area contributed by atoms with E-state index in [1.165, 1.54) is 5.82 Å². The predicted molar refractivity (Wildman–Crippen MR) is 119 cm³/mol. The highest BCUT2D eigenvalue weighted by Crippen LogP contribution is 2.50. The SMILES string of the molecule is CC(C)c1n([C@@H]2CC[C@H](C(C(N)=O)(c3ccccc3)c3ccccc3)C2)cc[n+]1C.[I-]. The number of nitrogens with zero attached hydrogens (tertiary/aromatic N) is 2. The highest BCUT2D eigenvalue weighted by molar-refractivity contribution is 5.91. The van der Waals surface area contributed by atoms with Crippen LogP contribution in [0, 0.1) is 5.92 Å². The predicted octanol–water partition coefficient (Wildman–Crippen LogP) is 1.25. The quantitative estimate of drug-likeness (QED) is 0.380. The lowest BCUT2D eigenvalue weighted by Gasteiger charge is -2.37. The fourth-order valence-electron chi connectivity index (χ4n) is 5.65. The fraction of sp³-hybridized carbons (Fsp3) is 0.385. The van der Waals surface area contributed by atoms with E-state index in [0.717, 1.165) is 30.4 Å². The summed E-state index contributed by atoms with van der Waals surface area (Å²) in [6.07, 6.45) is 7.28. The molecule has 164 valence electrons. The molecule has 0 unspecified atom stereocenters. The number of carbonyl (C=O) groups excluding carboxylic acids is 1. The average Bonchev–Trinajstić information content (AvgIpc) is 3.37. The third-order valence-electron chi connectivity index (χ3n) is 6.85. The summed E-state index contributed by atoms with van der Waals surface area (Å²) in [5.74, 6) is 1.66. The summed E-state index contributed by atoms with van der Waals surface area (Å²) in [7, 11) is 2.11. The van der Waals surface area contributed by atoms with Crippen LogP contribution in [0.5, 0.6) is 0 Å². The molecule has 1 heterocycles. The Morgan fingerprint density at radius 1 is 1.03 bits per heavy atom. The van der Waals surface area contributed by atoms with Gasteiger partial charge in [0.1, 0.15) is 23.9 Å². The van der Waals surface area contributed by atoms with E-state index in [0.29, 0.717) is 12.0 Å². The van der Waals surface area contributed by atoms with Gasteiger partial charge >= 0.3 is 0 Å². The van der Waals surface area contributed by atoms with Crippen molar-refractivity contribution in [3.63, 3.8) is 0 Å². The van der Waals surface area contributed by atoms with Gasteiger partial charge in [-0.05, 0) is 36.3 Å². The van der Waals surface area contributed by atoms with Crippen molar-refractivity contribution in [2.45, 2.75) is 50.5 Å². The van der Waals surface area contributed by atoms with E-state index < -0.39 is 5.41 Å². The van der Waals surface area contributed by atoms with Crippen molar-refractivity contribution in [2.24, 2.45) is 18.7 Å². The van der Waals surface area contributed by atoms with Crippen molar-refractivity contribution in [3.05, 3.63) is 90.0 Å². The molecule has 31 heavy (non-hydrogen) atoms. The van der Waals surface area contributed by atoms with E-state index in [4.69, 9.17) is 5.73 Å². The Morgan fingerprint density at radius 2 is 1.58 bits per heavy atom. The molecule has 2 aromatic carbocycles. The van der Waals surface area contributed by atoms with E-state index in [9.17, 15) is 4.79 Å². The molecule has 2 atom stereocenters. The van der Waals surface area contributed by atoms with Gasteiger partial charge in [-0.15, -0.1) is 0 Å². The van der Waals surface area contributed by atoms with Crippen LogP contribution in [0.2, 0.25) is 0 Å². The highest BCUT2D eigenvalue weighted by atomic mass is 127. The molecule has 0 saturated heterocycles. The third-order valence-corrected chi connectivity index (χ3v) is 6.85. The zero-order chi connectivity index (χ0) is 21.3. The molecule has 0 radical (unpaired) electrons. The van der Waals surface area contributed by atoms with Gasteiger partial charge in [-0.25, -0.2) is 9.13 Å². The first-order chi connectivity index (χ1) is 14.5. The topological polar surface area (TPSA) is 51.9 Å². The van der Waals surface area contributed by atoms with Gasteiger partial charge < -0.3 is 29.7 Å². The number of hydrogen-bond donors (Lipinski definition) is 1. The molecule has 1 amide bonds. The first-order valence-corrected chi connectivity index (χ1v) is 10.9. The highest BCUT2D eigenvalue weighted by Gasteiger charge is 2.51. The van der Waals surface area contributed by atoms with Crippen LogP contribution in [-0.4, -0.2) is 10.5 Å². The lowest BCUT2D eigenvalue weighted by molar-refractivity contribution is -0.680. The Bertz CT molecular complexity index is 974. The largest absolute Gasteiger partial charge is 1.00 e. The number of nitrogens with two attached hydrogens (primary N) is 1. The Labute approximate surface area is 202 Å². The molecule has 0 spiro atoms. The number of aromatic nitrogens is 2. The van der Waals surface area contributed by atoms with Gasteiger partial charge in [-0.1, -0.05) is 74.5 Å². The van der Waals surface area contributed by atoms with E-state index in [-0.39, 0.29) is 35.8 Å². The lowest BCUT2D eigenvalue weighted by Crippen LogP contribution is -3.00. The van der Waals surface area contributed by atoms with Crippen molar-refractivity contribution >= 4 is 5.91 Å². The average molecular weight is 529 g/mol. The summed E-state index contributed by atoms with van der Waals surface area (Å²) in [6.45, 7) is 4.47. The maximum Gasteiger partial charge on any atom is 0.258 e. The van der Waals surface area contributed by atoms with Gasteiger partial charge in [-0.3, -0.25) is 4.79 Å². The standard InChI is InChI=1S/C26H31N3O.HI/c1-19(2)24-28(3)16-17-29(24)23-15-14-22(18-23)26(25(27)30,20-10-6-4-7-11-20)21-12-8-5-9-13-21;/h4-13,16-17,19,22-23H,14-15,18H2,1-3H3,(H-,27,30);1H/t22-,23+;/m0./s1. The molecule has 1 aromatic heterocycles. The first kappa shape index (κ1) is 23.5. The molecule has 5 heteroatoms. The Hall–Kier alpha value is -2.15. The second-order valence-corrected chi connectivity index (χ2v) is 8.90. The van der Waals surface area contributed by atoms with Gasteiger partial charge in [0.05, 0.1) is 13.0 Å². The summed E-state index contributed by atoms with van der Waals surface area (Å²) in [4.78, 5) is 13.2. The van der Waals surface area contributed by atoms with Crippen LogP contribution in [0.15, 0.2) is 73.1 Å². The maximum atomic E-state index is 13.2. The molecule has 1 aliphatic carbocycles. The van der Waals surface area contributed by atoms with Gasteiger partial charge in [-0.2, -0.15) is 0 Å². The van der Waals surface area contributed by atoms with Crippen molar-refractivity contribution in [1.82, 2.24) is 4.57 Å². The van der Waals surface area contributed by atoms with Crippen molar-refractivity contribution in [2.75, 3.05) is 0 Å². The minimum absolute atomic E-state index is 0. The van der Waals surface area contributed by atoms with Gasteiger partial charge in [0.2, 0.25) is 5.91 Å². The molecule has 1 aliphatic rings. The summed E-state index contributed by atoms with van der Waals surface area (Å²) in [6, 6.07) is 20.6. The van der Waals surface area contributed by atoms with Crippen LogP contribution in [0.4, 0.5) is 0 Å². The summed E-state index contributed by atoms with van der Waals surface area (Å²) >= 11 is 0. The first-order valence-electron chi connectivity index (χ1n) is 10.9. The van der Waals surface area contributed by atoms with Crippen LogP contribution in [0.3, 0.4) is 0 Å². The monoisotopic (exact) mass is 529 g/mol. The number of rotatable bonds is 6. The second-order valence-electron chi connectivity index (χ2n) is 8.90. The van der Waals surface area contributed by atoms with Crippen LogP contribution < -0.4 is 34.3 Å². The molecule has 1 fully saturated rings. The van der Waals surface area contributed by atoms with Crippen LogP contribution >= 0.6 is 0 Å². The summed E-state index contributed by atoms with van der Waals surface area (Å²) < 4.78 is 4.64. The van der Waals surface area contributed by atoms with Gasteiger partial charge in [0, 0.05) is 0 Å². The molecule has 0 bridgehead atoms. The van der Waals surface area contributed by atoms with E-state index >= 15 is 0 Å². The number of primary amides is 1. The van der Waals surface area contributed by atoms with Gasteiger partial charge in [0.15, 0.2) is 0 Å². The molecular formula is C26H32IN3O. The molecule has 4 nitrogen and oxygen atoms in total. The molecule has 3 aromatic rings. The smallest absolute Gasteiger partial charge is 0.258 e. The van der Waals surface area contributed by atoms with Crippen LogP contribution in [-0.2, 0) is 17.3 Å². The molecule has 2 N–H and O–H groups in total. The Kier molecular flexibility index (Phi) is 7.24. The Morgan fingerprint density at radius 3 is 2.06 bits per heavy atom. The van der Waals surface area contributed by atoms with E-state index in [1.807, 2.05) is 36.4 Å². The van der Waals surface area contributed by atoms with Crippen molar-refractivity contribution in [1.29, 1.82) is 0 Å². The normalized spacial score (nSPS) is 18.7. The number of carbonyl (C=O) groups is 1.